The van der Waals surface area contributed by atoms with E-state index in [1.807, 2.05) is 0 Å². The number of nitrogens with zero attached hydrogens (tertiary/aromatic N) is 5. The van der Waals surface area contributed by atoms with Crippen LogP contribution in [0.15, 0.2) is 58.5 Å². The fraction of sp³-hybridized carbons (Fsp3) is 0.0556. The highest BCUT2D eigenvalue weighted by molar-refractivity contribution is 6.30. The first-order chi connectivity index (χ1) is 13.4. The van der Waals surface area contributed by atoms with Crippen LogP contribution in [0.3, 0.4) is 0 Å². The Bertz CT molecular complexity index is 1270. The van der Waals surface area contributed by atoms with Gasteiger partial charge in [-0.2, -0.15) is 4.98 Å². The van der Waals surface area contributed by atoms with E-state index in [0.717, 1.165) is 6.07 Å². The average molecular weight is 418 g/mol. The Kier molecular flexibility index (Phi) is 4.66. The molecule has 7 nitrogen and oxygen atoms in total. The molecule has 4 rings (SSSR count). The number of benzene rings is 1. The molecule has 2 aliphatic rings. The Morgan fingerprint density at radius 2 is 1.82 bits per heavy atom. The Morgan fingerprint density at radius 1 is 1.07 bits per heavy atom. The Morgan fingerprint density at radius 3 is 2.54 bits per heavy atom. The lowest BCUT2D eigenvalue weighted by Gasteiger charge is -2.15. The molecule has 140 valence electrons. The molecule has 0 saturated carbocycles. The van der Waals surface area contributed by atoms with Gasteiger partial charge in [-0.05, 0) is 41.9 Å². The van der Waals surface area contributed by atoms with Crippen LogP contribution in [0.5, 0.6) is 0 Å². The van der Waals surface area contributed by atoms with Gasteiger partial charge in [-0.15, -0.1) is 0 Å². The van der Waals surface area contributed by atoms with Crippen LogP contribution in [0.4, 0.5) is 4.39 Å². The molecule has 0 bridgehead atoms. The summed E-state index contributed by atoms with van der Waals surface area (Å²) in [4.78, 5) is 37.2. The molecular weight excluding hydrogens is 408 g/mol. The second-order valence-corrected chi connectivity index (χ2v) is 6.64. The minimum atomic E-state index is -0.897. The number of halogens is 3. The molecule has 3 heterocycles. The number of rotatable bonds is 3. The van der Waals surface area contributed by atoms with Gasteiger partial charge in [-0.25, -0.2) is 23.7 Å². The van der Waals surface area contributed by atoms with Gasteiger partial charge in [-0.1, -0.05) is 11.6 Å². The summed E-state index contributed by atoms with van der Waals surface area (Å²) in [7, 11) is 0. The van der Waals surface area contributed by atoms with Gasteiger partial charge in [0.2, 0.25) is 5.28 Å². The fourth-order valence-corrected chi connectivity index (χ4v) is 3.06. The summed E-state index contributed by atoms with van der Waals surface area (Å²) in [6, 6.07) is 6.83. The number of pyridine rings is 1. The summed E-state index contributed by atoms with van der Waals surface area (Å²) in [5.41, 5.74) is -0.935. The van der Waals surface area contributed by atoms with Crippen LogP contribution in [0.2, 0.25) is 10.3 Å². The first-order valence-electron chi connectivity index (χ1n) is 7.98. The zero-order chi connectivity index (χ0) is 19.8. The number of aromatic nitrogens is 5. The zero-order valence-electron chi connectivity index (χ0n) is 14.0. The average Bonchev–Trinajstić information content (AvgIpc) is 2.66. The van der Waals surface area contributed by atoms with E-state index in [1.165, 1.54) is 30.6 Å². The predicted molar refractivity (Wildman–Crippen MR) is 102 cm³/mol. The molecule has 0 atom stereocenters. The highest BCUT2D eigenvalue weighted by Crippen LogP contribution is 2.19. The molecule has 0 spiro atoms. The van der Waals surface area contributed by atoms with E-state index in [4.69, 9.17) is 23.2 Å². The van der Waals surface area contributed by atoms with Crippen LogP contribution in [0.25, 0.3) is 17.1 Å². The molecular formula is C18H10Cl2FN5O2. The fourth-order valence-electron chi connectivity index (χ4n) is 2.80. The van der Waals surface area contributed by atoms with Crippen molar-refractivity contribution in [1.29, 1.82) is 0 Å². The van der Waals surface area contributed by atoms with Crippen molar-refractivity contribution in [2.75, 3.05) is 0 Å². The molecule has 0 aliphatic carbocycles. The van der Waals surface area contributed by atoms with Crippen LogP contribution in [0.1, 0.15) is 5.56 Å². The van der Waals surface area contributed by atoms with E-state index in [1.54, 1.807) is 16.8 Å². The van der Waals surface area contributed by atoms with Crippen molar-refractivity contribution in [3.05, 3.63) is 91.4 Å². The molecule has 28 heavy (non-hydrogen) atoms. The van der Waals surface area contributed by atoms with Crippen LogP contribution in [0, 0.1) is 5.82 Å². The SMILES string of the molecule is O=c1nc2n(Cc3cnc(Cl)nc3)cccc-2c(=O)n1-c1ccc(Cl)cc1F. The molecule has 0 saturated heterocycles. The van der Waals surface area contributed by atoms with E-state index < -0.39 is 17.1 Å². The second kappa shape index (κ2) is 7.14. The topological polar surface area (TPSA) is 82.7 Å². The molecule has 1 aromatic heterocycles. The molecule has 0 radical (unpaired) electrons. The van der Waals surface area contributed by atoms with Gasteiger partial charge >= 0.3 is 5.69 Å². The monoisotopic (exact) mass is 417 g/mol. The van der Waals surface area contributed by atoms with Crippen LogP contribution < -0.4 is 11.2 Å². The van der Waals surface area contributed by atoms with Crippen LogP contribution in [-0.2, 0) is 6.54 Å². The maximum atomic E-state index is 14.3. The normalized spacial score (nSPS) is 11.1. The number of hydrogen-bond acceptors (Lipinski definition) is 5. The summed E-state index contributed by atoms with van der Waals surface area (Å²) < 4.78 is 16.5. The minimum Gasteiger partial charge on any atom is -0.328 e. The van der Waals surface area contributed by atoms with Gasteiger partial charge in [0.25, 0.3) is 5.56 Å². The summed E-state index contributed by atoms with van der Waals surface area (Å²) in [5.74, 6) is -0.631. The zero-order valence-corrected chi connectivity index (χ0v) is 15.5. The van der Waals surface area contributed by atoms with E-state index >= 15 is 0 Å². The highest BCUT2D eigenvalue weighted by atomic mass is 35.5. The molecule has 2 aliphatic heterocycles. The van der Waals surface area contributed by atoms with Gasteiger partial charge in [0.15, 0.2) is 5.82 Å². The Balaban J connectivity index is 1.88. The number of fused-ring (bicyclic) bond motifs is 1. The maximum Gasteiger partial charge on any atom is 0.357 e. The van der Waals surface area contributed by atoms with E-state index in [0.29, 0.717) is 10.1 Å². The lowest BCUT2D eigenvalue weighted by Crippen LogP contribution is -2.37. The largest absolute Gasteiger partial charge is 0.357 e. The minimum absolute atomic E-state index is 0.111. The summed E-state index contributed by atoms with van der Waals surface area (Å²) in [5, 5.41) is 0.262. The van der Waals surface area contributed by atoms with Gasteiger partial charge in [0, 0.05) is 29.2 Å². The summed E-state index contributed by atoms with van der Waals surface area (Å²) in [6.45, 7) is 0.264. The van der Waals surface area contributed by atoms with E-state index in [-0.39, 0.29) is 33.9 Å². The van der Waals surface area contributed by atoms with Gasteiger partial charge in [-0.3, -0.25) is 4.79 Å². The van der Waals surface area contributed by atoms with E-state index in [9.17, 15) is 14.0 Å². The van der Waals surface area contributed by atoms with Gasteiger partial charge in [0.05, 0.1) is 17.8 Å². The third-order valence-corrected chi connectivity index (χ3v) is 4.48. The predicted octanol–water partition coefficient (Wildman–Crippen LogP) is 2.78. The first-order valence-corrected chi connectivity index (χ1v) is 8.74. The Labute approximate surface area is 167 Å². The Hall–Kier alpha value is -3.10. The number of hydrogen-bond donors (Lipinski definition) is 0. The molecule has 2 aromatic rings. The van der Waals surface area contributed by atoms with Gasteiger partial charge in [0.1, 0.15) is 5.82 Å². The molecule has 0 fully saturated rings. The lowest BCUT2D eigenvalue weighted by atomic mass is 10.2. The lowest BCUT2D eigenvalue weighted by molar-refractivity contribution is 0.611. The quantitative estimate of drug-likeness (QED) is 0.478. The standard InChI is InChI=1S/C18H10Cl2FN5O2/c19-11-3-4-14(13(21)6-11)26-16(27)12-2-1-5-25(15(12)24-18(26)28)9-10-7-22-17(20)23-8-10/h1-8H,9H2. The summed E-state index contributed by atoms with van der Waals surface area (Å²) in [6.07, 6.45) is 4.73. The molecule has 0 N–H and O–H groups in total. The van der Waals surface area contributed by atoms with Crippen molar-refractivity contribution in [2.45, 2.75) is 6.54 Å². The molecule has 1 aromatic carbocycles. The van der Waals surface area contributed by atoms with Crippen LogP contribution >= 0.6 is 23.2 Å². The first kappa shape index (κ1) is 18.3. The van der Waals surface area contributed by atoms with Crippen molar-refractivity contribution >= 4 is 23.2 Å². The van der Waals surface area contributed by atoms with Crippen molar-refractivity contribution in [1.82, 2.24) is 24.1 Å². The highest BCUT2D eigenvalue weighted by Gasteiger charge is 2.20. The van der Waals surface area contributed by atoms with E-state index in [2.05, 4.69) is 15.0 Å². The smallest absolute Gasteiger partial charge is 0.328 e. The maximum absolute atomic E-state index is 14.3. The van der Waals surface area contributed by atoms with Crippen molar-refractivity contribution in [3.63, 3.8) is 0 Å². The third kappa shape index (κ3) is 3.28. The second-order valence-electron chi connectivity index (χ2n) is 5.86. The molecule has 10 heteroatoms. The van der Waals surface area contributed by atoms with Crippen molar-refractivity contribution in [3.8, 4) is 17.1 Å². The van der Waals surface area contributed by atoms with Crippen LogP contribution in [-0.4, -0.2) is 24.1 Å². The molecule has 0 unspecified atom stereocenters. The van der Waals surface area contributed by atoms with Crippen molar-refractivity contribution in [2.24, 2.45) is 0 Å². The van der Waals surface area contributed by atoms with Crippen molar-refractivity contribution < 1.29 is 4.39 Å². The summed E-state index contributed by atoms with van der Waals surface area (Å²) >= 11 is 11.4. The molecule has 0 amide bonds. The van der Waals surface area contributed by atoms with Gasteiger partial charge < -0.3 is 4.57 Å². The third-order valence-electron chi connectivity index (χ3n) is 4.05.